The molecule has 7 nitrogen and oxygen atoms in total. The van der Waals surface area contributed by atoms with E-state index in [1.807, 2.05) is 17.8 Å². The summed E-state index contributed by atoms with van der Waals surface area (Å²) in [6.45, 7) is 0.352. The van der Waals surface area contributed by atoms with Crippen molar-refractivity contribution in [3.05, 3.63) is 18.2 Å². The van der Waals surface area contributed by atoms with Crippen LogP contribution in [0.1, 0.15) is 5.82 Å². The summed E-state index contributed by atoms with van der Waals surface area (Å²) in [7, 11) is 1.86. The van der Waals surface area contributed by atoms with E-state index in [-0.39, 0.29) is 11.5 Å². The molecule has 8 heteroatoms. The van der Waals surface area contributed by atoms with Gasteiger partial charge in [0.15, 0.2) is 0 Å². The highest BCUT2D eigenvalue weighted by molar-refractivity contribution is 7.80. The number of aryl methyl sites for hydroxylation is 1. The van der Waals surface area contributed by atoms with Crippen LogP contribution in [-0.2, 0) is 23.1 Å². The van der Waals surface area contributed by atoms with E-state index in [1.54, 1.807) is 6.20 Å². The number of nitrogens with one attached hydrogen (secondary N) is 2. The second-order valence-electron chi connectivity index (χ2n) is 3.61. The molecule has 1 aromatic heterocycles. The van der Waals surface area contributed by atoms with Gasteiger partial charge in [-0.05, 0) is 0 Å². The molecule has 1 aromatic rings. The van der Waals surface area contributed by atoms with Gasteiger partial charge in [0, 0.05) is 32.4 Å². The van der Waals surface area contributed by atoms with E-state index in [2.05, 4.69) is 27.8 Å². The molecule has 1 heterocycles. The first-order chi connectivity index (χ1) is 8.50. The SMILES string of the molecule is Cn1ccnc1CCNC(=O)C(=O)NCC(N)=S. The fourth-order valence-electron chi connectivity index (χ4n) is 1.25. The van der Waals surface area contributed by atoms with E-state index in [4.69, 9.17) is 5.73 Å². The van der Waals surface area contributed by atoms with Gasteiger partial charge in [0.25, 0.3) is 0 Å². The zero-order chi connectivity index (χ0) is 13.5. The molecule has 0 saturated carbocycles. The average Bonchev–Trinajstić information content (AvgIpc) is 2.72. The van der Waals surface area contributed by atoms with Crippen LogP contribution in [0.5, 0.6) is 0 Å². The van der Waals surface area contributed by atoms with E-state index in [0.717, 1.165) is 5.82 Å². The Bertz CT molecular complexity index is 457. The lowest BCUT2D eigenvalue weighted by Crippen LogP contribution is -2.43. The van der Waals surface area contributed by atoms with Gasteiger partial charge in [-0.3, -0.25) is 9.59 Å². The van der Waals surface area contributed by atoms with Crippen LogP contribution in [0.15, 0.2) is 12.4 Å². The third-order valence-corrected chi connectivity index (χ3v) is 2.33. The Hall–Kier alpha value is -1.96. The van der Waals surface area contributed by atoms with Gasteiger partial charge < -0.3 is 20.9 Å². The molecule has 0 aliphatic heterocycles. The maximum absolute atomic E-state index is 11.3. The summed E-state index contributed by atoms with van der Waals surface area (Å²) in [5.74, 6) is -0.623. The van der Waals surface area contributed by atoms with Crippen molar-refractivity contribution in [2.24, 2.45) is 12.8 Å². The Labute approximate surface area is 110 Å². The van der Waals surface area contributed by atoms with Crippen LogP contribution < -0.4 is 16.4 Å². The lowest BCUT2D eigenvalue weighted by molar-refractivity contribution is -0.139. The van der Waals surface area contributed by atoms with Gasteiger partial charge in [0.1, 0.15) is 5.82 Å². The molecule has 0 bridgehead atoms. The molecule has 0 aliphatic carbocycles. The Kier molecular flexibility index (Phi) is 5.25. The molecule has 2 amide bonds. The molecular formula is C10H15N5O2S. The van der Waals surface area contributed by atoms with Gasteiger partial charge in [0.05, 0.1) is 11.5 Å². The highest BCUT2D eigenvalue weighted by Gasteiger charge is 2.12. The minimum absolute atomic E-state index is 0.0148. The summed E-state index contributed by atoms with van der Waals surface area (Å²) in [5, 5.41) is 4.78. The summed E-state index contributed by atoms with van der Waals surface area (Å²) in [5.41, 5.74) is 5.20. The number of nitrogens with two attached hydrogens (primary N) is 1. The first-order valence-corrected chi connectivity index (χ1v) is 5.72. The standard InChI is InChI=1S/C10H15N5O2S/c1-15-5-4-12-8(15)2-3-13-9(16)10(17)14-6-7(11)18/h4-5H,2-3,6H2,1H3,(H2,11,18)(H,13,16)(H,14,17). The number of hydrogen-bond acceptors (Lipinski definition) is 4. The second-order valence-corrected chi connectivity index (χ2v) is 4.13. The average molecular weight is 269 g/mol. The number of nitrogens with zero attached hydrogens (tertiary/aromatic N) is 2. The van der Waals surface area contributed by atoms with Crippen molar-refractivity contribution < 1.29 is 9.59 Å². The summed E-state index contributed by atoms with van der Waals surface area (Å²) < 4.78 is 1.85. The van der Waals surface area contributed by atoms with Crippen LogP contribution in [0.3, 0.4) is 0 Å². The van der Waals surface area contributed by atoms with Gasteiger partial charge >= 0.3 is 11.8 Å². The number of amides is 2. The van der Waals surface area contributed by atoms with E-state index >= 15 is 0 Å². The number of imidazole rings is 1. The first kappa shape index (κ1) is 14.1. The lowest BCUT2D eigenvalue weighted by atomic mass is 10.4. The lowest BCUT2D eigenvalue weighted by Gasteiger charge is -2.05. The molecule has 4 N–H and O–H groups in total. The number of hydrogen-bond donors (Lipinski definition) is 3. The zero-order valence-electron chi connectivity index (χ0n) is 9.97. The van der Waals surface area contributed by atoms with Crippen LogP contribution in [-0.4, -0.2) is 39.4 Å². The van der Waals surface area contributed by atoms with Crippen molar-refractivity contribution in [1.82, 2.24) is 20.2 Å². The molecule has 1 rings (SSSR count). The van der Waals surface area contributed by atoms with Gasteiger partial charge in [-0.15, -0.1) is 0 Å². The molecule has 0 aromatic carbocycles. The molecule has 0 fully saturated rings. The number of rotatable bonds is 5. The Morgan fingerprint density at radius 3 is 2.67 bits per heavy atom. The van der Waals surface area contributed by atoms with Crippen molar-refractivity contribution in [2.75, 3.05) is 13.1 Å². The fraction of sp³-hybridized carbons (Fsp3) is 0.400. The van der Waals surface area contributed by atoms with Crippen molar-refractivity contribution in [3.63, 3.8) is 0 Å². The molecule has 0 atom stereocenters. The van der Waals surface area contributed by atoms with Crippen molar-refractivity contribution >= 4 is 29.0 Å². The second kappa shape index (κ2) is 6.70. The molecule has 98 valence electrons. The van der Waals surface area contributed by atoms with Crippen LogP contribution in [0.4, 0.5) is 0 Å². The third-order valence-electron chi connectivity index (χ3n) is 2.18. The summed E-state index contributed by atoms with van der Waals surface area (Å²) in [6, 6.07) is 0. The maximum atomic E-state index is 11.3. The van der Waals surface area contributed by atoms with Gasteiger partial charge in [-0.1, -0.05) is 12.2 Å². The number of aromatic nitrogens is 2. The molecule has 18 heavy (non-hydrogen) atoms. The largest absolute Gasteiger partial charge is 0.392 e. The molecular weight excluding hydrogens is 254 g/mol. The molecule has 0 aliphatic rings. The Morgan fingerprint density at radius 2 is 2.11 bits per heavy atom. The highest BCUT2D eigenvalue weighted by atomic mass is 32.1. The number of thiocarbonyl (C=S) groups is 1. The van der Waals surface area contributed by atoms with Crippen molar-refractivity contribution in [2.45, 2.75) is 6.42 Å². The third kappa shape index (κ3) is 4.50. The first-order valence-electron chi connectivity index (χ1n) is 5.31. The molecule has 0 unspecified atom stereocenters. The van der Waals surface area contributed by atoms with E-state index in [0.29, 0.717) is 13.0 Å². The molecule has 0 spiro atoms. The van der Waals surface area contributed by atoms with Crippen LogP contribution in [0, 0.1) is 0 Å². The van der Waals surface area contributed by atoms with Crippen molar-refractivity contribution in [3.8, 4) is 0 Å². The topological polar surface area (TPSA) is 102 Å². The number of carbonyl (C=O) groups is 2. The van der Waals surface area contributed by atoms with Crippen LogP contribution in [0.25, 0.3) is 0 Å². The predicted octanol–water partition coefficient (Wildman–Crippen LogP) is -1.52. The highest BCUT2D eigenvalue weighted by Crippen LogP contribution is 1.93. The van der Waals surface area contributed by atoms with Gasteiger partial charge in [-0.25, -0.2) is 4.98 Å². The minimum Gasteiger partial charge on any atom is -0.392 e. The molecule has 0 radical (unpaired) electrons. The smallest absolute Gasteiger partial charge is 0.309 e. The van der Waals surface area contributed by atoms with Gasteiger partial charge in [-0.2, -0.15) is 0 Å². The number of carbonyl (C=O) groups excluding carboxylic acids is 2. The summed E-state index contributed by atoms with van der Waals surface area (Å²) in [6.07, 6.45) is 4.04. The Morgan fingerprint density at radius 1 is 1.44 bits per heavy atom. The zero-order valence-corrected chi connectivity index (χ0v) is 10.8. The van der Waals surface area contributed by atoms with E-state index in [9.17, 15) is 9.59 Å². The monoisotopic (exact) mass is 269 g/mol. The molecule has 0 saturated heterocycles. The normalized spacial score (nSPS) is 9.83. The summed E-state index contributed by atoms with van der Waals surface area (Å²) in [4.78, 5) is 26.8. The van der Waals surface area contributed by atoms with Crippen LogP contribution >= 0.6 is 12.2 Å². The maximum Gasteiger partial charge on any atom is 0.309 e. The quantitative estimate of drug-likeness (QED) is 0.445. The van der Waals surface area contributed by atoms with Crippen molar-refractivity contribution in [1.29, 1.82) is 0 Å². The Balaban J connectivity index is 2.27. The predicted molar refractivity (Wildman–Crippen MR) is 69.7 cm³/mol. The van der Waals surface area contributed by atoms with Crippen LogP contribution in [0.2, 0.25) is 0 Å². The minimum atomic E-state index is -0.748. The van der Waals surface area contributed by atoms with Gasteiger partial charge in [0.2, 0.25) is 0 Å². The summed E-state index contributed by atoms with van der Waals surface area (Å²) >= 11 is 4.58. The fourth-order valence-corrected chi connectivity index (χ4v) is 1.33. The van der Waals surface area contributed by atoms with E-state index < -0.39 is 11.8 Å². The van der Waals surface area contributed by atoms with E-state index in [1.165, 1.54) is 0 Å².